The van der Waals surface area contributed by atoms with Crippen molar-refractivity contribution in [2.75, 3.05) is 31.6 Å². The van der Waals surface area contributed by atoms with E-state index in [1.807, 2.05) is 41.1 Å². The van der Waals surface area contributed by atoms with Gasteiger partial charge in [0.25, 0.3) is 5.91 Å². The molecule has 1 aliphatic carbocycles. The Bertz CT molecular complexity index is 1410. The number of carbonyl (C=O) groups is 1. The van der Waals surface area contributed by atoms with Gasteiger partial charge >= 0.3 is 0 Å². The number of fused-ring (bicyclic) bond motifs is 2. The second-order valence-corrected chi connectivity index (χ2v) is 10.5. The third-order valence-corrected chi connectivity index (χ3v) is 8.13. The summed E-state index contributed by atoms with van der Waals surface area (Å²) >= 11 is 0. The van der Waals surface area contributed by atoms with Crippen LogP contribution >= 0.6 is 0 Å². The summed E-state index contributed by atoms with van der Waals surface area (Å²) in [5.41, 5.74) is 5.62. The smallest absolute Gasteiger partial charge is 0.258 e. The molecule has 4 heterocycles. The third kappa shape index (κ3) is 4.09. The zero-order valence-electron chi connectivity index (χ0n) is 21.4. The SMILES string of the molecule is COc1cc2c(cc1C(=O)N1CCCC[C@H]1c1cc3nc(N4C[C@@H](C#N)[C@@H](O)C4)c(C)cn3n1)CCC2. The minimum absolute atomic E-state index is 0.00765. The summed E-state index contributed by atoms with van der Waals surface area (Å²) in [7, 11) is 1.63. The van der Waals surface area contributed by atoms with Gasteiger partial charge in [-0.25, -0.2) is 9.50 Å². The van der Waals surface area contributed by atoms with Crippen molar-refractivity contribution in [2.45, 2.75) is 57.6 Å². The van der Waals surface area contributed by atoms with Crippen LogP contribution in [0.1, 0.15) is 64.5 Å². The molecule has 0 unspecified atom stereocenters. The number of ether oxygens (including phenoxy) is 1. The molecular formula is C28H32N6O3. The van der Waals surface area contributed by atoms with E-state index in [9.17, 15) is 15.2 Å². The first-order valence-electron chi connectivity index (χ1n) is 13.2. The molecule has 6 rings (SSSR count). The number of aliphatic hydroxyl groups is 1. The Labute approximate surface area is 216 Å². The maximum absolute atomic E-state index is 13.9. The predicted molar refractivity (Wildman–Crippen MR) is 138 cm³/mol. The number of nitrogens with zero attached hydrogens (tertiary/aromatic N) is 6. The zero-order chi connectivity index (χ0) is 25.7. The van der Waals surface area contributed by atoms with Crippen molar-refractivity contribution in [3.05, 3.63) is 52.3 Å². The summed E-state index contributed by atoms with van der Waals surface area (Å²) in [4.78, 5) is 22.7. The van der Waals surface area contributed by atoms with E-state index in [-0.39, 0.29) is 11.9 Å². The first-order valence-corrected chi connectivity index (χ1v) is 13.2. The Balaban J connectivity index is 1.32. The summed E-state index contributed by atoms with van der Waals surface area (Å²) < 4.78 is 7.42. The number of aliphatic hydroxyl groups excluding tert-OH is 1. The average molecular weight is 501 g/mol. The van der Waals surface area contributed by atoms with Crippen LogP contribution < -0.4 is 9.64 Å². The predicted octanol–water partition coefficient (Wildman–Crippen LogP) is 3.22. The largest absolute Gasteiger partial charge is 0.496 e. The van der Waals surface area contributed by atoms with Crippen LogP contribution in [0.15, 0.2) is 24.4 Å². The van der Waals surface area contributed by atoms with Crippen LogP contribution in [0.4, 0.5) is 5.82 Å². The molecule has 2 aromatic heterocycles. The molecule has 0 bridgehead atoms. The van der Waals surface area contributed by atoms with Gasteiger partial charge in [-0.05, 0) is 68.7 Å². The van der Waals surface area contributed by atoms with Gasteiger partial charge in [0, 0.05) is 37.5 Å². The second kappa shape index (κ2) is 9.34. The number of piperidine rings is 1. The van der Waals surface area contributed by atoms with Gasteiger partial charge in [0.05, 0.1) is 42.5 Å². The fraction of sp³-hybridized carbons (Fsp3) is 0.500. The van der Waals surface area contributed by atoms with Crippen molar-refractivity contribution in [1.82, 2.24) is 19.5 Å². The number of likely N-dealkylation sites (tertiary alicyclic amines) is 1. The van der Waals surface area contributed by atoms with Crippen LogP contribution in [0.25, 0.3) is 5.65 Å². The topological polar surface area (TPSA) is 107 Å². The lowest BCUT2D eigenvalue weighted by atomic mass is 9.97. The van der Waals surface area contributed by atoms with Crippen LogP contribution in [0, 0.1) is 24.2 Å². The summed E-state index contributed by atoms with van der Waals surface area (Å²) in [6.45, 7) is 3.48. The van der Waals surface area contributed by atoms with Gasteiger partial charge in [0.2, 0.25) is 0 Å². The van der Waals surface area contributed by atoms with E-state index in [2.05, 4.69) is 6.07 Å². The number of β-amino-alcohol motifs (C(OH)–C–C–N with tert-alkyl or cyclic N) is 1. The number of methoxy groups -OCH3 is 1. The van der Waals surface area contributed by atoms with Gasteiger partial charge in [-0.1, -0.05) is 0 Å². The molecule has 0 radical (unpaired) electrons. The lowest BCUT2D eigenvalue weighted by Gasteiger charge is -2.35. The molecule has 0 saturated carbocycles. The molecule has 0 spiro atoms. The van der Waals surface area contributed by atoms with E-state index in [0.29, 0.717) is 36.6 Å². The standard InChI is InChI=1S/C28H32N6O3/c1-17-14-34-26(30-27(17)32-15-20(13-29)24(35)16-32)12-22(31-34)23-8-3-4-9-33(23)28(36)21-10-18-6-5-7-19(18)11-25(21)37-2/h10-12,14,20,23-24,35H,3-9,15-16H2,1-2H3/t20-,23+,24+/m1/s1. The van der Waals surface area contributed by atoms with E-state index in [1.165, 1.54) is 11.1 Å². The number of rotatable bonds is 4. The number of amides is 1. The van der Waals surface area contributed by atoms with Crippen molar-refractivity contribution in [1.29, 1.82) is 5.26 Å². The molecule has 2 fully saturated rings. The van der Waals surface area contributed by atoms with Crippen molar-refractivity contribution >= 4 is 17.4 Å². The molecular weight excluding hydrogens is 468 g/mol. The van der Waals surface area contributed by atoms with Crippen LogP contribution in [0.2, 0.25) is 0 Å². The molecule has 1 amide bonds. The highest BCUT2D eigenvalue weighted by Gasteiger charge is 2.35. The molecule has 3 aliphatic rings. The quantitative estimate of drug-likeness (QED) is 0.586. The summed E-state index contributed by atoms with van der Waals surface area (Å²) in [5.74, 6) is 0.980. The normalized spacial score (nSPS) is 23.4. The Kier molecular flexibility index (Phi) is 6.00. The first-order chi connectivity index (χ1) is 18.0. The molecule has 3 aromatic rings. The van der Waals surface area contributed by atoms with Crippen molar-refractivity contribution in [3.8, 4) is 11.8 Å². The molecule has 2 aliphatic heterocycles. The molecule has 192 valence electrons. The van der Waals surface area contributed by atoms with Gasteiger partial charge in [0.1, 0.15) is 11.6 Å². The van der Waals surface area contributed by atoms with Crippen LogP contribution in [-0.2, 0) is 12.8 Å². The minimum atomic E-state index is -0.680. The monoisotopic (exact) mass is 500 g/mol. The van der Waals surface area contributed by atoms with Gasteiger partial charge in [-0.3, -0.25) is 4.79 Å². The number of anilines is 1. The maximum Gasteiger partial charge on any atom is 0.258 e. The molecule has 1 aromatic carbocycles. The Morgan fingerprint density at radius 2 is 1.97 bits per heavy atom. The van der Waals surface area contributed by atoms with Crippen molar-refractivity contribution in [2.24, 2.45) is 5.92 Å². The van der Waals surface area contributed by atoms with Crippen molar-refractivity contribution in [3.63, 3.8) is 0 Å². The van der Waals surface area contributed by atoms with Crippen molar-refractivity contribution < 1.29 is 14.6 Å². The highest BCUT2D eigenvalue weighted by atomic mass is 16.5. The van der Waals surface area contributed by atoms with Gasteiger partial charge < -0.3 is 19.6 Å². The summed E-state index contributed by atoms with van der Waals surface area (Å²) in [6.07, 6.45) is 7.25. The number of nitriles is 1. The fourth-order valence-corrected chi connectivity index (χ4v) is 6.16. The van der Waals surface area contributed by atoms with E-state index >= 15 is 0 Å². The van der Waals surface area contributed by atoms with Gasteiger partial charge in [0.15, 0.2) is 5.65 Å². The number of hydrogen-bond acceptors (Lipinski definition) is 7. The molecule has 3 atom stereocenters. The first kappa shape index (κ1) is 23.7. The highest BCUT2D eigenvalue weighted by molar-refractivity contribution is 5.97. The number of hydrogen-bond donors (Lipinski definition) is 1. The van der Waals surface area contributed by atoms with E-state index in [0.717, 1.165) is 55.6 Å². The Morgan fingerprint density at radius 1 is 1.16 bits per heavy atom. The third-order valence-electron chi connectivity index (χ3n) is 8.13. The van der Waals surface area contributed by atoms with Crippen LogP contribution in [-0.4, -0.2) is 63.4 Å². The zero-order valence-corrected chi connectivity index (χ0v) is 21.4. The maximum atomic E-state index is 13.9. The van der Waals surface area contributed by atoms with E-state index < -0.39 is 12.0 Å². The van der Waals surface area contributed by atoms with Crippen LogP contribution in [0.5, 0.6) is 5.75 Å². The number of aryl methyl sites for hydroxylation is 3. The lowest BCUT2D eigenvalue weighted by molar-refractivity contribution is 0.0602. The second-order valence-electron chi connectivity index (χ2n) is 10.5. The Morgan fingerprint density at radius 3 is 2.73 bits per heavy atom. The summed E-state index contributed by atoms with van der Waals surface area (Å²) in [6, 6.07) is 8.09. The van der Waals surface area contributed by atoms with Crippen LogP contribution in [0.3, 0.4) is 0 Å². The average Bonchev–Trinajstić information content (AvgIpc) is 3.64. The van der Waals surface area contributed by atoms with Gasteiger partial charge in [-0.15, -0.1) is 0 Å². The number of benzene rings is 1. The molecule has 1 N–H and O–H groups in total. The molecule has 9 heteroatoms. The highest BCUT2D eigenvalue weighted by Crippen LogP contribution is 2.36. The number of carbonyl (C=O) groups excluding carboxylic acids is 1. The van der Waals surface area contributed by atoms with E-state index in [1.54, 1.807) is 11.6 Å². The van der Waals surface area contributed by atoms with Gasteiger partial charge in [-0.2, -0.15) is 10.4 Å². The summed E-state index contributed by atoms with van der Waals surface area (Å²) in [5, 5.41) is 24.4. The molecule has 2 saturated heterocycles. The van der Waals surface area contributed by atoms with E-state index in [4.69, 9.17) is 14.8 Å². The number of aromatic nitrogens is 3. The fourth-order valence-electron chi connectivity index (χ4n) is 6.16. The lowest BCUT2D eigenvalue weighted by Crippen LogP contribution is -2.39. The molecule has 37 heavy (non-hydrogen) atoms. The molecule has 9 nitrogen and oxygen atoms in total. The Hall–Kier alpha value is -3.64. The minimum Gasteiger partial charge on any atom is -0.496 e.